The lowest BCUT2D eigenvalue weighted by Crippen LogP contribution is -2.59. The highest BCUT2D eigenvalue weighted by molar-refractivity contribution is 5.81. The highest BCUT2D eigenvalue weighted by atomic mass is 16.5. The van der Waals surface area contributed by atoms with Gasteiger partial charge >= 0.3 is 11.9 Å². The Bertz CT molecular complexity index is 1340. The van der Waals surface area contributed by atoms with Gasteiger partial charge in [-0.1, -0.05) is 128 Å². The molecule has 0 aliphatic heterocycles. The molecule has 0 heterocycles. The van der Waals surface area contributed by atoms with E-state index in [9.17, 15) is 19.5 Å². The summed E-state index contributed by atoms with van der Waals surface area (Å²) >= 11 is 0. The van der Waals surface area contributed by atoms with Crippen LogP contribution in [-0.2, 0) is 19.1 Å². The Hall–Kier alpha value is -2.41. The van der Waals surface area contributed by atoms with Gasteiger partial charge in [0.2, 0.25) is 5.91 Å². The molecule has 0 aromatic heterocycles. The molecule has 3 N–H and O–H groups in total. The fraction of sp³-hybridized carbons (Fsp3) is 0.827. The largest absolute Gasteiger partial charge is 0.480 e. The number of carbonyl (C=O) groups excluding carboxylic acids is 2. The average Bonchev–Trinajstić information content (AvgIpc) is 3.58. The number of aliphatic hydroxyl groups excluding tert-OH is 1. The number of aliphatic hydroxyl groups is 1. The second-order valence-electron chi connectivity index (χ2n) is 20.0. The third-order valence-electron chi connectivity index (χ3n) is 16.1. The number of nitrogens with one attached hydrogen (secondary N) is 1. The van der Waals surface area contributed by atoms with Gasteiger partial charge in [0, 0.05) is 12.8 Å². The summed E-state index contributed by atoms with van der Waals surface area (Å²) in [6.45, 7) is 8.98. The molecule has 10 unspecified atom stereocenters. The highest BCUT2D eigenvalue weighted by Gasteiger charge is 2.63. The zero-order valence-electron chi connectivity index (χ0n) is 38.1. The number of fused-ring (bicyclic) bond motifs is 5. The van der Waals surface area contributed by atoms with E-state index >= 15 is 0 Å². The zero-order chi connectivity index (χ0) is 42.5. The Kier molecular flexibility index (Phi) is 21.8. The lowest BCUT2D eigenvalue weighted by Gasteiger charge is -2.62. The summed E-state index contributed by atoms with van der Waals surface area (Å²) in [7, 11) is 0. The van der Waals surface area contributed by atoms with Crippen LogP contribution >= 0.6 is 0 Å². The SMILES string of the molecule is CCCCCCC/C=C\C/C=C\C/C=C\CCCCCCCCCCC(=O)OC1CCC2(C)C(CCC3C2CC(O)C2(C)C(C(C)CCC(=O)NCC(=O)O)CCC32)C1. The van der Waals surface area contributed by atoms with Crippen molar-refractivity contribution in [2.24, 2.45) is 46.3 Å². The van der Waals surface area contributed by atoms with E-state index < -0.39 is 5.97 Å². The molecule has 4 fully saturated rings. The Morgan fingerprint density at radius 3 is 1.98 bits per heavy atom. The predicted molar refractivity (Wildman–Crippen MR) is 242 cm³/mol. The number of allylic oxidation sites excluding steroid dienone is 6. The molecule has 4 saturated carbocycles. The van der Waals surface area contributed by atoms with Crippen LogP contribution in [0.15, 0.2) is 36.5 Å². The molecule has 4 aliphatic carbocycles. The second kappa shape index (κ2) is 26.2. The van der Waals surface area contributed by atoms with Crippen molar-refractivity contribution in [2.75, 3.05) is 6.54 Å². The zero-order valence-corrected chi connectivity index (χ0v) is 38.1. The summed E-state index contributed by atoms with van der Waals surface area (Å²) in [5.74, 6) is 1.58. The molecule has 59 heavy (non-hydrogen) atoms. The first-order valence-electron chi connectivity index (χ1n) is 24.8. The first-order chi connectivity index (χ1) is 28.5. The van der Waals surface area contributed by atoms with E-state index in [0.29, 0.717) is 54.8 Å². The Morgan fingerprint density at radius 2 is 1.34 bits per heavy atom. The molecular formula is C52H87NO6. The fourth-order valence-corrected chi connectivity index (χ4v) is 12.6. The number of esters is 1. The molecule has 7 heteroatoms. The van der Waals surface area contributed by atoms with Crippen molar-refractivity contribution in [1.82, 2.24) is 5.32 Å². The van der Waals surface area contributed by atoms with Crippen molar-refractivity contribution in [1.29, 1.82) is 0 Å². The summed E-state index contributed by atoms with van der Waals surface area (Å²) in [6, 6.07) is 0. The molecule has 336 valence electrons. The fourth-order valence-electron chi connectivity index (χ4n) is 12.6. The molecule has 0 aromatic rings. The van der Waals surface area contributed by atoms with Crippen LogP contribution in [0.1, 0.15) is 207 Å². The number of carboxylic acids is 1. The van der Waals surface area contributed by atoms with Gasteiger partial charge in [0.05, 0.1) is 6.10 Å². The molecule has 0 bridgehead atoms. The summed E-state index contributed by atoms with van der Waals surface area (Å²) in [5.41, 5.74) is 0.0342. The smallest absolute Gasteiger partial charge is 0.322 e. The summed E-state index contributed by atoms with van der Waals surface area (Å²) < 4.78 is 6.13. The van der Waals surface area contributed by atoms with Gasteiger partial charge in [-0.05, 0) is 149 Å². The van der Waals surface area contributed by atoms with Crippen LogP contribution in [0.2, 0.25) is 0 Å². The van der Waals surface area contributed by atoms with Crippen molar-refractivity contribution in [3.63, 3.8) is 0 Å². The minimum Gasteiger partial charge on any atom is -0.480 e. The quantitative estimate of drug-likeness (QED) is 0.0411. The minimum absolute atomic E-state index is 0.00879. The molecule has 0 saturated heterocycles. The maximum absolute atomic E-state index is 12.9. The molecule has 0 aromatic carbocycles. The van der Waals surface area contributed by atoms with Crippen molar-refractivity contribution in [3.8, 4) is 0 Å². The van der Waals surface area contributed by atoms with Crippen molar-refractivity contribution < 1.29 is 29.3 Å². The molecule has 10 atom stereocenters. The molecule has 1 amide bonds. The van der Waals surface area contributed by atoms with Crippen LogP contribution in [-0.4, -0.2) is 46.8 Å². The molecular weight excluding hydrogens is 735 g/mol. The van der Waals surface area contributed by atoms with Gasteiger partial charge in [0.15, 0.2) is 0 Å². The van der Waals surface area contributed by atoms with Crippen LogP contribution < -0.4 is 5.32 Å². The van der Waals surface area contributed by atoms with Crippen molar-refractivity contribution >= 4 is 17.8 Å². The van der Waals surface area contributed by atoms with Gasteiger partial charge in [-0.2, -0.15) is 0 Å². The second-order valence-corrected chi connectivity index (χ2v) is 20.0. The number of hydrogen-bond acceptors (Lipinski definition) is 5. The van der Waals surface area contributed by atoms with Crippen molar-refractivity contribution in [2.45, 2.75) is 220 Å². The number of aliphatic carboxylic acids is 1. The monoisotopic (exact) mass is 822 g/mol. The molecule has 4 rings (SSSR count). The van der Waals surface area contributed by atoms with E-state index in [4.69, 9.17) is 9.84 Å². The lowest BCUT2D eigenvalue weighted by atomic mass is 9.43. The topological polar surface area (TPSA) is 113 Å². The number of rotatable bonds is 28. The number of carbonyl (C=O) groups is 3. The minimum atomic E-state index is -1.02. The summed E-state index contributed by atoms with van der Waals surface area (Å²) in [4.78, 5) is 36.0. The van der Waals surface area contributed by atoms with Gasteiger partial charge in [0.1, 0.15) is 12.6 Å². The Balaban J connectivity index is 1.03. The predicted octanol–water partition coefficient (Wildman–Crippen LogP) is 12.9. The first kappa shape index (κ1) is 49.2. The van der Waals surface area contributed by atoms with Crippen LogP contribution in [0, 0.1) is 46.3 Å². The van der Waals surface area contributed by atoms with Gasteiger partial charge in [-0.3, -0.25) is 14.4 Å². The van der Waals surface area contributed by atoms with Crippen LogP contribution in [0.25, 0.3) is 0 Å². The number of unbranched alkanes of at least 4 members (excludes halogenated alkanes) is 13. The molecule has 0 radical (unpaired) electrons. The average molecular weight is 822 g/mol. The molecule has 7 nitrogen and oxygen atoms in total. The van der Waals surface area contributed by atoms with Crippen molar-refractivity contribution in [3.05, 3.63) is 36.5 Å². The van der Waals surface area contributed by atoms with E-state index in [-0.39, 0.29) is 41.5 Å². The van der Waals surface area contributed by atoms with E-state index in [1.54, 1.807) is 0 Å². The van der Waals surface area contributed by atoms with E-state index in [0.717, 1.165) is 64.2 Å². The Morgan fingerprint density at radius 1 is 0.729 bits per heavy atom. The standard InChI is InChI=1S/C52H87NO6/c1-5-6-7-8-9-10-11-12-13-14-15-16-17-18-19-20-21-22-23-24-25-26-27-28-50(58)59-42-35-36-51(3)41(37-42)30-31-43-45-33-32-44(52(45,4)47(54)38-46(43)51)40(2)29-34-48(55)53-39-49(56)57/h11-12,14-15,17-18,40-47,54H,5-10,13,16,19-39H2,1-4H3,(H,53,55)(H,56,57)/b12-11-,15-14-,18-17-. The third kappa shape index (κ3) is 15.2. The summed E-state index contributed by atoms with van der Waals surface area (Å²) in [5, 5.41) is 23.3. The van der Waals surface area contributed by atoms with Gasteiger partial charge in [-0.25, -0.2) is 0 Å². The van der Waals surface area contributed by atoms with Crippen LogP contribution in [0.5, 0.6) is 0 Å². The van der Waals surface area contributed by atoms with Crippen LogP contribution in [0.4, 0.5) is 0 Å². The lowest BCUT2D eigenvalue weighted by molar-refractivity contribution is -0.181. The highest BCUT2D eigenvalue weighted by Crippen LogP contribution is 2.68. The van der Waals surface area contributed by atoms with E-state index in [1.807, 2.05) is 0 Å². The van der Waals surface area contributed by atoms with Gasteiger partial charge in [0.25, 0.3) is 0 Å². The normalized spacial score (nSPS) is 31.0. The van der Waals surface area contributed by atoms with Gasteiger partial charge < -0.3 is 20.3 Å². The van der Waals surface area contributed by atoms with E-state index in [2.05, 4.69) is 69.5 Å². The number of hydrogen-bond donors (Lipinski definition) is 3. The third-order valence-corrected chi connectivity index (χ3v) is 16.1. The number of amides is 1. The number of carboxylic acid groups (broad SMARTS) is 1. The molecule has 0 spiro atoms. The maximum atomic E-state index is 12.9. The van der Waals surface area contributed by atoms with Gasteiger partial charge in [-0.15, -0.1) is 0 Å². The maximum Gasteiger partial charge on any atom is 0.322 e. The van der Waals surface area contributed by atoms with Crippen LogP contribution in [0.3, 0.4) is 0 Å². The summed E-state index contributed by atoms with van der Waals surface area (Å²) in [6.07, 6.45) is 44.6. The number of ether oxygens (including phenoxy) is 1. The van der Waals surface area contributed by atoms with E-state index in [1.165, 1.54) is 96.3 Å². The first-order valence-corrected chi connectivity index (χ1v) is 24.8. The Labute approximate surface area is 360 Å². The molecule has 4 aliphatic rings.